The number of primary amides is 1. The third-order valence-electron chi connectivity index (χ3n) is 1.68. The largest absolute Gasteiger partial charge is 0.433 e. The molecule has 1 aromatic rings. The monoisotopic (exact) mass is 278 g/mol. The van der Waals surface area contributed by atoms with Gasteiger partial charge in [0, 0.05) is 0 Å². The van der Waals surface area contributed by atoms with Gasteiger partial charge in [0.05, 0.1) is 25.4 Å². The lowest BCUT2D eigenvalue weighted by molar-refractivity contribution is -0.402. The van der Waals surface area contributed by atoms with Crippen LogP contribution in [-0.4, -0.2) is 40.4 Å². The van der Waals surface area contributed by atoms with Gasteiger partial charge in [-0.1, -0.05) is 0 Å². The Balaban J connectivity index is 0.00000289. The van der Waals surface area contributed by atoms with E-state index in [1.54, 1.807) is 0 Å². The second-order valence-electron chi connectivity index (χ2n) is 2.86. The number of aliphatic hydroxyl groups is 1. The molecule has 0 atom stereocenters. The Bertz CT molecular complexity index is 446. The van der Waals surface area contributed by atoms with Gasteiger partial charge in [-0.2, -0.15) is 5.10 Å². The molecule has 0 aromatic carbocycles. The standard InChI is InChI=1S/C8H10N4O5.ClH/c9-8(14)11(3-4-13)10-5-6-1-2-7(17-6)12(15)16;/h1-2,5,13H,3-4H2,(H2,9,14);1H. The van der Waals surface area contributed by atoms with E-state index < -0.39 is 16.8 Å². The first-order valence-electron chi connectivity index (χ1n) is 4.50. The predicted octanol–water partition coefficient (Wildman–Crippen LogP) is 0.317. The maximum Gasteiger partial charge on any atom is 0.433 e. The van der Waals surface area contributed by atoms with Crippen molar-refractivity contribution in [3.8, 4) is 0 Å². The summed E-state index contributed by atoms with van der Waals surface area (Å²) >= 11 is 0. The first kappa shape index (κ1) is 15.9. The zero-order chi connectivity index (χ0) is 12.8. The van der Waals surface area contributed by atoms with Crippen molar-refractivity contribution in [2.75, 3.05) is 13.2 Å². The minimum Gasteiger partial charge on any atom is -0.400 e. The number of nitrogens with two attached hydrogens (primary N) is 1. The summed E-state index contributed by atoms with van der Waals surface area (Å²) in [6.07, 6.45) is 1.09. The van der Waals surface area contributed by atoms with Gasteiger partial charge in [-0.25, -0.2) is 9.80 Å². The van der Waals surface area contributed by atoms with E-state index in [0.717, 1.165) is 17.3 Å². The minimum atomic E-state index is -0.851. The number of rotatable bonds is 5. The number of carbonyl (C=O) groups excluding carboxylic acids is 1. The van der Waals surface area contributed by atoms with Crippen LogP contribution < -0.4 is 5.73 Å². The maximum atomic E-state index is 10.8. The van der Waals surface area contributed by atoms with Gasteiger partial charge < -0.3 is 15.3 Å². The summed E-state index contributed by atoms with van der Waals surface area (Å²) in [6.45, 7) is -0.382. The lowest BCUT2D eigenvalue weighted by Gasteiger charge is -2.11. The summed E-state index contributed by atoms with van der Waals surface area (Å²) in [4.78, 5) is 20.4. The Morgan fingerprint density at radius 1 is 1.67 bits per heavy atom. The zero-order valence-electron chi connectivity index (χ0n) is 9.05. The summed E-state index contributed by atoms with van der Waals surface area (Å²) in [6, 6.07) is 1.62. The van der Waals surface area contributed by atoms with Crippen molar-refractivity contribution in [1.29, 1.82) is 0 Å². The molecule has 18 heavy (non-hydrogen) atoms. The molecule has 2 amide bonds. The van der Waals surface area contributed by atoms with E-state index >= 15 is 0 Å². The van der Waals surface area contributed by atoms with Crippen molar-refractivity contribution in [2.24, 2.45) is 10.8 Å². The number of nitrogens with zero attached hydrogens (tertiary/aromatic N) is 3. The summed E-state index contributed by atoms with van der Waals surface area (Å²) in [5, 5.41) is 23.3. The van der Waals surface area contributed by atoms with Crippen LogP contribution in [-0.2, 0) is 0 Å². The summed E-state index contributed by atoms with van der Waals surface area (Å²) in [5.74, 6) is -0.333. The highest BCUT2D eigenvalue weighted by molar-refractivity contribution is 5.85. The van der Waals surface area contributed by atoms with Gasteiger partial charge >= 0.3 is 11.9 Å². The predicted molar refractivity (Wildman–Crippen MR) is 63.6 cm³/mol. The fourth-order valence-corrected chi connectivity index (χ4v) is 0.956. The van der Waals surface area contributed by atoms with Crippen molar-refractivity contribution >= 4 is 30.5 Å². The van der Waals surface area contributed by atoms with Crippen LogP contribution in [0.25, 0.3) is 0 Å². The number of hydrazone groups is 1. The van der Waals surface area contributed by atoms with Crippen molar-refractivity contribution in [2.45, 2.75) is 0 Å². The van der Waals surface area contributed by atoms with E-state index in [9.17, 15) is 14.9 Å². The molecule has 0 saturated heterocycles. The van der Waals surface area contributed by atoms with Gasteiger partial charge in [0.1, 0.15) is 4.92 Å². The Hall–Kier alpha value is -2.13. The Kier molecular flexibility index (Phi) is 6.39. The Labute approximate surface area is 107 Å². The molecule has 0 unspecified atom stereocenters. The topological polar surface area (TPSA) is 135 Å². The lowest BCUT2D eigenvalue weighted by Crippen LogP contribution is -2.33. The van der Waals surface area contributed by atoms with Crippen molar-refractivity contribution in [3.05, 3.63) is 28.0 Å². The number of hydrogen-bond acceptors (Lipinski definition) is 6. The SMILES string of the molecule is Cl.NC(=O)N(CCO)N=Cc1ccc([N+](=O)[O-])o1. The highest BCUT2D eigenvalue weighted by Crippen LogP contribution is 2.13. The number of nitro groups is 1. The van der Waals surface area contributed by atoms with E-state index in [1.165, 1.54) is 6.07 Å². The lowest BCUT2D eigenvalue weighted by atomic mass is 10.5. The molecule has 9 nitrogen and oxygen atoms in total. The second-order valence-corrected chi connectivity index (χ2v) is 2.86. The molecule has 0 aliphatic heterocycles. The van der Waals surface area contributed by atoms with Crippen molar-refractivity contribution in [1.82, 2.24) is 5.01 Å². The molecule has 0 saturated carbocycles. The Morgan fingerprint density at radius 3 is 2.78 bits per heavy atom. The smallest absolute Gasteiger partial charge is 0.400 e. The third-order valence-corrected chi connectivity index (χ3v) is 1.68. The van der Waals surface area contributed by atoms with Gasteiger partial charge in [-0.15, -0.1) is 12.4 Å². The average Bonchev–Trinajstić information content (AvgIpc) is 2.72. The van der Waals surface area contributed by atoms with Gasteiger partial charge in [0.25, 0.3) is 0 Å². The van der Waals surface area contributed by atoms with Crippen molar-refractivity contribution < 1.29 is 19.2 Å². The van der Waals surface area contributed by atoms with Crippen LogP contribution in [0.1, 0.15) is 5.76 Å². The van der Waals surface area contributed by atoms with Gasteiger partial charge in [-0.05, 0) is 6.07 Å². The average molecular weight is 279 g/mol. The highest BCUT2D eigenvalue weighted by Gasteiger charge is 2.11. The van der Waals surface area contributed by atoms with E-state index in [2.05, 4.69) is 5.10 Å². The first-order chi connectivity index (χ1) is 8.04. The van der Waals surface area contributed by atoms with Crippen LogP contribution in [0.5, 0.6) is 0 Å². The van der Waals surface area contributed by atoms with E-state index in [4.69, 9.17) is 15.3 Å². The zero-order valence-corrected chi connectivity index (χ0v) is 9.87. The van der Waals surface area contributed by atoms with Crippen LogP contribution in [0, 0.1) is 10.1 Å². The van der Waals surface area contributed by atoms with Crippen LogP contribution in [0.3, 0.4) is 0 Å². The number of carbonyl (C=O) groups is 1. The summed E-state index contributed by atoms with van der Waals surface area (Å²) < 4.78 is 4.76. The fourth-order valence-electron chi connectivity index (χ4n) is 0.956. The van der Waals surface area contributed by atoms with Gasteiger partial charge in [0.15, 0.2) is 5.76 Å². The number of aliphatic hydroxyl groups excluding tert-OH is 1. The first-order valence-corrected chi connectivity index (χ1v) is 4.50. The van der Waals surface area contributed by atoms with E-state index in [0.29, 0.717) is 0 Å². The molecule has 0 bridgehead atoms. The molecule has 1 aromatic heterocycles. The fraction of sp³-hybridized carbons (Fsp3) is 0.250. The molecule has 100 valence electrons. The molecule has 10 heteroatoms. The molecule has 0 fully saturated rings. The number of furan rings is 1. The van der Waals surface area contributed by atoms with Crippen molar-refractivity contribution in [3.63, 3.8) is 0 Å². The quantitative estimate of drug-likeness (QED) is 0.454. The van der Waals surface area contributed by atoms with E-state index in [-0.39, 0.29) is 31.3 Å². The van der Waals surface area contributed by atoms with Crippen LogP contribution >= 0.6 is 12.4 Å². The molecule has 3 N–H and O–H groups in total. The molecular formula is C8H11ClN4O5. The van der Waals surface area contributed by atoms with Gasteiger partial charge in [0.2, 0.25) is 0 Å². The number of hydrogen-bond donors (Lipinski definition) is 2. The highest BCUT2D eigenvalue weighted by atomic mass is 35.5. The molecule has 0 spiro atoms. The minimum absolute atomic E-state index is 0. The van der Waals surface area contributed by atoms with Crippen LogP contribution in [0.2, 0.25) is 0 Å². The normalized spacial score (nSPS) is 10.1. The number of amides is 2. The molecule has 1 heterocycles. The Morgan fingerprint density at radius 2 is 2.33 bits per heavy atom. The maximum absolute atomic E-state index is 10.8. The molecule has 0 aliphatic rings. The summed E-state index contributed by atoms with van der Waals surface area (Å²) in [7, 11) is 0. The van der Waals surface area contributed by atoms with Gasteiger partial charge in [-0.3, -0.25) is 10.1 Å². The third kappa shape index (κ3) is 4.39. The molecule has 0 radical (unpaired) electrons. The second kappa shape index (κ2) is 7.25. The summed E-state index contributed by atoms with van der Waals surface area (Å²) in [5.41, 5.74) is 4.96. The molecule has 0 aliphatic carbocycles. The van der Waals surface area contributed by atoms with Crippen LogP contribution in [0.4, 0.5) is 10.7 Å². The molecular weight excluding hydrogens is 268 g/mol. The molecule has 1 rings (SSSR count). The number of urea groups is 1. The number of halogens is 1. The van der Waals surface area contributed by atoms with E-state index in [1.807, 2.05) is 0 Å². The van der Waals surface area contributed by atoms with Crippen LogP contribution in [0.15, 0.2) is 21.7 Å².